The van der Waals surface area contributed by atoms with E-state index in [0.29, 0.717) is 11.3 Å². The Bertz CT molecular complexity index is 660. The Morgan fingerprint density at radius 2 is 1.35 bits per heavy atom. The first-order chi connectivity index (χ1) is 10.9. The van der Waals surface area contributed by atoms with Gasteiger partial charge < -0.3 is 9.80 Å². The summed E-state index contributed by atoms with van der Waals surface area (Å²) in [6.45, 7) is 4.75. The number of hydrogen-bond donors (Lipinski definition) is 0. The molecule has 3 rings (SSSR count). The van der Waals surface area contributed by atoms with Gasteiger partial charge in [0, 0.05) is 37.6 Å². The largest absolute Gasteiger partial charge is 0.416 e. The highest BCUT2D eigenvalue weighted by atomic mass is 19.4. The zero-order valence-corrected chi connectivity index (χ0v) is 13.0. The van der Waals surface area contributed by atoms with Gasteiger partial charge in [0.15, 0.2) is 0 Å². The summed E-state index contributed by atoms with van der Waals surface area (Å²) in [5.41, 5.74) is 1.88. The molecule has 0 radical (unpaired) electrons. The number of nitrogens with zero attached hydrogens (tertiary/aromatic N) is 2. The topological polar surface area (TPSA) is 6.48 Å². The Labute approximate surface area is 134 Å². The summed E-state index contributed by atoms with van der Waals surface area (Å²) in [5, 5.41) is 0. The number of aryl methyl sites for hydroxylation is 1. The molecule has 0 aliphatic carbocycles. The minimum atomic E-state index is -4.30. The zero-order chi connectivity index (χ0) is 16.4. The molecule has 0 saturated carbocycles. The lowest BCUT2D eigenvalue weighted by molar-refractivity contribution is -0.137. The van der Waals surface area contributed by atoms with Crippen LogP contribution in [0.25, 0.3) is 0 Å². The van der Waals surface area contributed by atoms with Crippen LogP contribution in [-0.2, 0) is 6.18 Å². The van der Waals surface area contributed by atoms with Crippen LogP contribution in [0, 0.1) is 6.92 Å². The molecule has 0 spiro atoms. The van der Waals surface area contributed by atoms with Crippen molar-refractivity contribution in [2.24, 2.45) is 0 Å². The Morgan fingerprint density at radius 1 is 0.783 bits per heavy atom. The molecule has 0 aromatic heterocycles. The third-order valence-electron chi connectivity index (χ3n) is 4.16. The van der Waals surface area contributed by atoms with Crippen LogP contribution in [0.1, 0.15) is 11.1 Å². The number of rotatable bonds is 2. The van der Waals surface area contributed by atoms with Crippen LogP contribution in [-0.4, -0.2) is 26.2 Å². The number of alkyl halides is 3. The van der Waals surface area contributed by atoms with Crippen molar-refractivity contribution in [2.45, 2.75) is 13.1 Å². The monoisotopic (exact) mass is 320 g/mol. The molecule has 122 valence electrons. The highest BCUT2D eigenvalue weighted by Gasteiger charge is 2.31. The Balaban J connectivity index is 1.74. The molecule has 23 heavy (non-hydrogen) atoms. The van der Waals surface area contributed by atoms with E-state index in [0.717, 1.165) is 31.9 Å². The van der Waals surface area contributed by atoms with Crippen LogP contribution in [0.5, 0.6) is 0 Å². The van der Waals surface area contributed by atoms with Crippen molar-refractivity contribution in [3.8, 4) is 0 Å². The molecular formula is C18H19F3N2. The highest BCUT2D eigenvalue weighted by Crippen LogP contribution is 2.33. The molecule has 1 aliphatic rings. The normalized spacial score (nSPS) is 15.8. The second-order valence-corrected chi connectivity index (χ2v) is 5.86. The molecule has 1 saturated heterocycles. The second kappa shape index (κ2) is 6.14. The lowest BCUT2D eigenvalue weighted by atomic mass is 10.1. The summed E-state index contributed by atoms with van der Waals surface area (Å²) < 4.78 is 38.9. The molecule has 1 fully saturated rings. The van der Waals surface area contributed by atoms with Gasteiger partial charge in [-0.1, -0.05) is 18.2 Å². The summed E-state index contributed by atoms with van der Waals surface area (Å²) in [4.78, 5) is 4.29. The lowest BCUT2D eigenvalue weighted by Crippen LogP contribution is -2.46. The summed E-state index contributed by atoms with van der Waals surface area (Å²) in [5.74, 6) is 0. The minimum absolute atomic E-state index is 0.571. The summed E-state index contributed by atoms with van der Waals surface area (Å²) in [6, 6.07) is 14.4. The molecule has 0 amide bonds. The Hall–Kier alpha value is -2.17. The summed E-state index contributed by atoms with van der Waals surface area (Å²) in [6.07, 6.45) is -4.30. The molecule has 2 aromatic carbocycles. The summed E-state index contributed by atoms with van der Waals surface area (Å²) in [7, 11) is 0. The van der Waals surface area contributed by atoms with Crippen LogP contribution in [0.4, 0.5) is 24.5 Å². The molecule has 2 nitrogen and oxygen atoms in total. The van der Waals surface area contributed by atoms with Gasteiger partial charge in [-0.3, -0.25) is 0 Å². The van der Waals surface area contributed by atoms with E-state index in [1.165, 1.54) is 12.1 Å². The van der Waals surface area contributed by atoms with Gasteiger partial charge >= 0.3 is 6.18 Å². The van der Waals surface area contributed by atoms with Crippen LogP contribution in [0.3, 0.4) is 0 Å². The molecule has 0 N–H and O–H groups in total. The Morgan fingerprint density at radius 3 is 1.91 bits per heavy atom. The van der Waals surface area contributed by atoms with Crippen LogP contribution in [0.2, 0.25) is 0 Å². The van der Waals surface area contributed by atoms with Gasteiger partial charge in [0.2, 0.25) is 0 Å². The smallest absolute Gasteiger partial charge is 0.368 e. The van der Waals surface area contributed by atoms with Crippen LogP contribution in [0.15, 0.2) is 48.5 Å². The van der Waals surface area contributed by atoms with Crippen LogP contribution >= 0.6 is 0 Å². The van der Waals surface area contributed by atoms with E-state index in [1.54, 1.807) is 6.92 Å². The van der Waals surface area contributed by atoms with E-state index in [1.807, 2.05) is 29.2 Å². The predicted octanol–water partition coefficient (Wildman–Crippen LogP) is 4.34. The molecule has 1 heterocycles. The molecule has 0 unspecified atom stereocenters. The number of hydrogen-bond acceptors (Lipinski definition) is 2. The number of benzene rings is 2. The van der Waals surface area contributed by atoms with Gasteiger partial charge in [0.25, 0.3) is 0 Å². The average Bonchev–Trinajstić information content (AvgIpc) is 2.54. The minimum Gasteiger partial charge on any atom is -0.368 e. The molecule has 1 aliphatic heterocycles. The van der Waals surface area contributed by atoms with Crippen molar-refractivity contribution >= 4 is 11.4 Å². The van der Waals surface area contributed by atoms with Crippen molar-refractivity contribution in [3.63, 3.8) is 0 Å². The zero-order valence-electron chi connectivity index (χ0n) is 13.0. The SMILES string of the molecule is Cc1cc(N2CCN(c3ccccc3)CC2)cc(C(F)(F)F)c1. The fraction of sp³-hybridized carbons (Fsp3) is 0.333. The van der Waals surface area contributed by atoms with E-state index < -0.39 is 11.7 Å². The second-order valence-electron chi connectivity index (χ2n) is 5.86. The van der Waals surface area contributed by atoms with Crippen molar-refractivity contribution in [3.05, 3.63) is 59.7 Å². The number of para-hydroxylation sites is 1. The van der Waals surface area contributed by atoms with Gasteiger partial charge in [0.1, 0.15) is 0 Å². The first kappa shape index (κ1) is 15.7. The number of halogens is 3. The van der Waals surface area contributed by atoms with Crippen molar-refractivity contribution in [1.29, 1.82) is 0 Å². The molecule has 5 heteroatoms. The molecule has 0 bridgehead atoms. The van der Waals surface area contributed by atoms with Gasteiger partial charge in [-0.25, -0.2) is 0 Å². The van der Waals surface area contributed by atoms with Gasteiger partial charge in [-0.15, -0.1) is 0 Å². The van der Waals surface area contributed by atoms with Crippen molar-refractivity contribution in [2.75, 3.05) is 36.0 Å². The standard InChI is InChI=1S/C18H19F3N2/c1-14-11-15(18(19,20)21)13-17(12-14)23-9-7-22(8-10-23)16-5-3-2-4-6-16/h2-6,11-13H,7-10H2,1H3. The van der Waals surface area contributed by atoms with E-state index in [-0.39, 0.29) is 0 Å². The van der Waals surface area contributed by atoms with Gasteiger partial charge in [-0.2, -0.15) is 13.2 Å². The van der Waals surface area contributed by atoms with Crippen molar-refractivity contribution in [1.82, 2.24) is 0 Å². The third kappa shape index (κ3) is 3.60. The lowest BCUT2D eigenvalue weighted by Gasteiger charge is -2.37. The fourth-order valence-corrected chi connectivity index (χ4v) is 2.97. The van der Waals surface area contributed by atoms with E-state index in [2.05, 4.69) is 17.0 Å². The highest BCUT2D eigenvalue weighted by molar-refractivity contribution is 5.54. The molecule has 2 aromatic rings. The maximum absolute atomic E-state index is 13.0. The van der Waals surface area contributed by atoms with E-state index >= 15 is 0 Å². The predicted molar refractivity (Wildman–Crippen MR) is 87.0 cm³/mol. The third-order valence-corrected chi connectivity index (χ3v) is 4.16. The Kier molecular flexibility index (Phi) is 4.20. The van der Waals surface area contributed by atoms with Gasteiger partial charge in [-0.05, 0) is 42.8 Å². The number of anilines is 2. The quantitative estimate of drug-likeness (QED) is 0.812. The maximum Gasteiger partial charge on any atom is 0.416 e. The first-order valence-corrected chi connectivity index (χ1v) is 7.67. The van der Waals surface area contributed by atoms with Crippen molar-refractivity contribution < 1.29 is 13.2 Å². The van der Waals surface area contributed by atoms with Crippen LogP contribution < -0.4 is 9.80 Å². The van der Waals surface area contributed by atoms with Gasteiger partial charge in [0.05, 0.1) is 5.56 Å². The fourth-order valence-electron chi connectivity index (χ4n) is 2.97. The molecular weight excluding hydrogens is 301 g/mol. The van der Waals surface area contributed by atoms with E-state index in [9.17, 15) is 13.2 Å². The maximum atomic E-state index is 13.0. The van der Waals surface area contributed by atoms with E-state index in [4.69, 9.17) is 0 Å². The average molecular weight is 320 g/mol. The summed E-state index contributed by atoms with van der Waals surface area (Å²) >= 11 is 0. The molecule has 0 atom stereocenters. The first-order valence-electron chi connectivity index (χ1n) is 7.67. The number of piperazine rings is 1.